The van der Waals surface area contributed by atoms with Crippen molar-refractivity contribution in [3.63, 3.8) is 0 Å². The Labute approximate surface area is 173 Å². The standard InChI is InChI=1S/C21H20Cl2N2O3/c1-13(12-26)25-21(27)14-2-5-16(6-3-14)24-11-17-7-9-20(28-17)15-4-8-18(22)19(23)10-15/h2-10,13,24,26H,11-12H2,1H3,(H,25,27)/t13-/m1/s1. The lowest BCUT2D eigenvalue weighted by Crippen LogP contribution is -2.34. The molecule has 0 spiro atoms. The van der Waals surface area contributed by atoms with Crippen molar-refractivity contribution in [1.29, 1.82) is 0 Å². The van der Waals surface area contributed by atoms with Crippen LogP contribution in [0.3, 0.4) is 0 Å². The smallest absolute Gasteiger partial charge is 0.251 e. The van der Waals surface area contributed by atoms with E-state index in [1.165, 1.54) is 0 Å². The lowest BCUT2D eigenvalue weighted by atomic mass is 10.2. The number of hydrogen-bond donors (Lipinski definition) is 3. The molecule has 0 aliphatic heterocycles. The monoisotopic (exact) mass is 418 g/mol. The lowest BCUT2D eigenvalue weighted by Gasteiger charge is -2.11. The number of benzene rings is 2. The second-order valence-electron chi connectivity index (χ2n) is 6.38. The quantitative estimate of drug-likeness (QED) is 0.505. The van der Waals surface area contributed by atoms with Crippen LogP contribution in [0.5, 0.6) is 0 Å². The maximum absolute atomic E-state index is 12.0. The number of amides is 1. The molecule has 146 valence electrons. The summed E-state index contributed by atoms with van der Waals surface area (Å²) in [4.78, 5) is 12.0. The molecule has 5 nitrogen and oxygen atoms in total. The van der Waals surface area contributed by atoms with Crippen molar-refractivity contribution in [3.8, 4) is 11.3 Å². The Bertz CT molecular complexity index is 955. The summed E-state index contributed by atoms with van der Waals surface area (Å²) in [7, 11) is 0. The van der Waals surface area contributed by atoms with Crippen LogP contribution in [0.1, 0.15) is 23.0 Å². The molecule has 0 bridgehead atoms. The highest BCUT2D eigenvalue weighted by Crippen LogP contribution is 2.29. The minimum Gasteiger partial charge on any atom is -0.459 e. The molecular weight excluding hydrogens is 399 g/mol. The van der Waals surface area contributed by atoms with Crippen molar-refractivity contribution in [2.45, 2.75) is 19.5 Å². The van der Waals surface area contributed by atoms with E-state index in [-0.39, 0.29) is 18.6 Å². The molecule has 0 saturated carbocycles. The molecule has 1 amide bonds. The van der Waals surface area contributed by atoms with Crippen molar-refractivity contribution >= 4 is 34.8 Å². The number of carbonyl (C=O) groups is 1. The van der Waals surface area contributed by atoms with Crippen LogP contribution in [-0.4, -0.2) is 23.7 Å². The Hall–Kier alpha value is -2.47. The van der Waals surface area contributed by atoms with Crippen LogP contribution >= 0.6 is 23.2 Å². The van der Waals surface area contributed by atoms with E-state index in [0.29, 0.717) is 27.9 Å². The molecule has 28 heavy (non-hydrogen) atoms. The molecule has 3 N–H and O–H groups in total. The summed E-state index contributed by atoms with van der Waals surface area (Å²) in [5, 5.41) is 15.9. The molecule has 3 aromatic rings. The van der Waals surface area contributed by atoms with Crippen LogP contribution in [0.2, 0.25) is 10.0 Å². The summed E-state index contributed by atoms with van der Waals surface area (Å²) in [5.41, 5.74) is 2.25. The van der Waals surface area contributed by atoms with Crippen molar-refractivity contribution in [3.05, 3.63) is 76.0 Å². The fourth-order valence-corrected chi connectivity index (χ4v) is 2.86. The van der Waals surface area contributed by atoms with Gasteiger partial charge in [0.2, 0.25) is 0 Å². The molecule has 0 saturated heterocycles. The molecule has 0 aliphatic rings. The minimum absolute atomic E-state index is 0.0985. The van der Waals surface area contributed by atoms with Crippen LogP contribution in [-0.2, 0) is 6.54 Å². The number of anilines is 1. The number of aliphatic hydroxyl groups is 1. The topological polar surface area (TPSA) is 74.5 Å². The molecule has 1 atom stereocenters. The third-order valence-electron chi connectivity index (χ3n) is 4.13. The van der Waals surface area contributed by atoms with E-state index in [9.17, 15) is 4.79 Å². The van der Waals surface area contributed by atoms with Crippen molar-refractivity contribution in [1.82, 2.24) is 5.32 Å². The highest BCUT2D eigenvalue weighted by atomic mass is 35.5. The van der Waals surface area contributed by atoms with Gasteiger partial charge in [-0.1, -0.05) is 23.2 Å². The van der Waals surface area contributed by atoms with E-state index in [1.54, 1.807) is 31.2 Å². The van der Waals surface area contributed by atoms with Crippen molar-refractivity contribution in [2.75, 3.05) is 11.9 Å². The number of halogens is 2. The van der Waals surface area contributed by atoms with Gasteiger partial charge in [0, 0.05) is 22.9 Å². The predicted molar refractivity (Wildman–Crippen MR) is 112 cm³/mol. The van der Waals surface area contributed by atoms with Gasteiger partial charge in [0.15, 0.2) is 0 Å². The van der Waals surface area contributed by atoms with E-state index < -0.39 is 0 Å². The highest BCUT2D eigenvalue weighted by molar-refractivity contribution is 6.42. The fourth-order valence-electron chi connectivity index (χ4n) is 2.56. The van der Waals surface area contributed by atoms with Gasteiger partial charge in [-0.25, -0.2) is 0 Å². The number of furan rings is 1. The first-order valence-electron chi connectivity index (χ1n) is 8.76. The molecular formula is C21H20Cl2N2O3. The molecule has 7 heteroatoms. The van der Waals surface area contributed by atoms with E-state index >= 15 is 0 Å². The zero-order valence-corrected chi connectivity index (χ0v) is 16.7. The summed E-state index contributed by atoms with van der Waals surface area (Å²) < 4.78 is 5.85. The molecule has 0 aliphatic carbocycles. The summed E-state index contributed by atoms with van der Waals surface area (Å²) in [6.07, 6.45) is 0. The van der Waals surface area contributed by atoms with Gasteiger partial charge in [-0.15, -0.1) is 0 Å². The first-order valence-corrected chi connectivity index (χ1v) is 9.51. The van der Waals surface area contributed by atoms with Gasteiger partial charge < -0.3 is 20.2 Å². The molecule has 1 aromatic heterocycles. The maximum Gasteiger partial charge on any atom is 0.251 e. The predicted octanol–water partition coefficient (Wildman–Crippen LogP) is 4.98. The summed E-state index contributed by atoms with van der Waals surface area (Å²) in [6.45, 7) is 2.14. The average molecular weight is 419 g/mol. The highest BCUT2D eigenvalue weighted by Gasteiger charge is 2.10. The Balaban J connectivity index is 1.59. The number of hydrogen-bond acceptors (Lipinski definition) is 4. The van der Waals surface area contributed by atoms with Crippen LogP contribution in [0, 0.1) is 0 Å². The summed E-state index contributed by atoms with van der Waals surface area (Å²) >= 11 is 12.0. The average Bonchev–Trinajstić information content (AvgIpc) is 3.17. The van der Waals surface area contributed by atoms with Gasteiger partial charge in [-0.3, -0.25) is 4.79 Å². The van der Waals surface area contributed by atoms with Gasteiger partial charge >= 0.3 is 0 Å². The van der Waals surface area contributed by atoms with Crippen LogP contribution in [0.4, 0.5) is 5.69 Å². The molecule has 0 radical (unpaired) electrons. The normalized spacial score (nSPS) is 11.9. The Morgan fingerprint density at radius 3 is 2.50 bits per heavy atom. The molecule has 1 heterocycles. The van der Waals surface area contributed by atoms with E-state index in [1.807, 2.05) is 30.3 Å². The Kier molecular flexibility index (Phi) is 6.62. The number of nitrogens with one attached hydrogen (secondary N) is 2. The van der Waals surface area contributed by atoms with Gasteiger partial charge in [0.05, 0.1) is 23.2 Å². The summed E-state index contributed by atoms with van der Waals surface area (Å²) in [6, 6.07) is 15.9. The van der Waals surface area contributed by atoms with E-state index in [2.05, 4.69) is 10.6 Å². The third kappa shape index (κ3) is 5.07. The number of aliphatic hydroxyl groups excluding tert-OH is 1. The second kappa shape index (κ2) is 9.15. The van der Waals surface area contributed by atoms with Gasteiger partial charge in [-0.05, 0) is 61.5 Å². The summed E-state index contributed by atoms with van der Waals surface area (Å²) in [5.74, 6) is 1.26. The second-order valence-corrected chi connectivity index (χ2v) is 7.20. The van der Waals surface area contributed by atoms with E-state index in [0.717, 1.165) is 17.0 Å². The Morgan fingerprint density at radius 2 is 1.82 bits per heavy atom. The third-order valence-corrected chi connectivity index (χ3v) is 4.87. The zero-order valence-electron chi connectivity index (χ0n) is 15.2. The van der Waals surface area contributed by atoms with Gasteiger partial charge in [0.1, 0.15) is 11.5 Å². The lowest BCUT2D eigenvalue weighted by molar-refractivity contribution is 0.0922. The van der Waals surface area contributed by atoms with Crippen LogP contribution < -0.4 is 10.6 Å². The maximum atomic E-state index is 12.0. The largest absolute Gasteiger partial charge is 0.459 e. The molecule has 0 fully saturated rings. The first-order chi connectivity index (χ1) is 13.5. The van der Waals surface area contributed by atoms with Crippen LogP contribution in [0.25, 0.3) is 11.3 Å². The minimum atomic E-state index is -0.283. The first kappa shape index (κ1) is 20.3. The van der Waals surface area contributed by atoms with Crippen molar-refractivity contribution < 1.29 is 14.3 Å². The zero-order chi connectivity index (χ0) is 20.1. The molecule has 0 unspecified atom stereocenters. The number of carbonyl (C=O) groups excluding carboxylic acids is 1. The van der Waals surface area contributed by atoms with Crippen molar-refractivity contribution in [2.24, 2.45) is 0 Å². The SMILES string of the molecule is C[C@H](CO)NC(=O)c1ccc(NCc2ccc(-c3ccc(Cl)c(Cl)c3)o2)cc1. The fraction of sp³-hybridized carbons (Fsp3) is 0.190. The molecule has 2 aromatic carbocycles. The van der Waals surface area contributed by atoms with E-state index in [4.69, 9.17) is 32.7 Å². The Morgan fingerprint density at radius 1 is 1.07 bits per heavy atom. The molecule has 3 rings (SSSR count). The van der Waals surface area contributed by atoms with Gasteiger partial charge in [0.25, 0.3) is 5.91 Å². The number of rotatable bonds is 7. The van der Waals surface area contributed by atoms with Gasteiger partial charge in [-0.2, -0.15) is 0 Å². The van der Waals surface area contributed by atoms with Crippen LogP contribution in [0.15, 0.2) is 59.0 Å².